The van der Waals surface area contributed by atoms with Crippen LogP contribution >= 0.6 is 0 Å². The van der Waals surface area contributed by atoms with E-state index in [2.05, 4.69) is 20.3 Å². The number of aromatic nitrogens is 4. The highest BCUT2D eigenvalue weighted by Gasteiger charge is 2.13. The zero-order chi connectivity index (χ0) is 17.2. The molecule has 0 atom stereocenters. The number of nitrogens with one attached hydrogen (secondary N) is 1. The minimum atomic E-state index is -0.171. The van der Waals surface area contributed by atoms with Crippen molar-refractivity contribution in [1.29, 1.82) is 0 Å². The Hall–Kier alpha value is -3.54. The molecular weight excluding hydrogens is 314 g/mol. The zero-order valence-electron chi connectivity index (χ0n) is 13.5. The molecule has 0 amide bonds. The number of para-hydroxylation sites is 1. The molecule has 4 aromatic rings. The summed E-state index contributed by atoms with van der Waals surface area (Å²) in [6, 6.07) is 14.9. The maximum Gasteiger partial charge on any atom is 0.268 e. The van der Waals surface area contributed by atoms with Crippen LogP contribution in [-0.4, -0.2) is 19.5 Å². The molecule has 0 saturated carbocycles. The first-order valence-corrected chi connectivity index (χ1v) is 7.84. The van der Waals surface area contributed by atoms with E-state index in [1.165, 1.54) is 0 Å². The number of rotatable bonds is 3. The van der Waals surface area contributed by atoms with Crippen molar-refractivity contribution in [2.24, 2.45) is 0 Å². The van der Waals surface area contributed by atoms with Gasteiger partial charge in [0.1, 0.15) is 0 Å². The summed E-state index contributed by atoms with van der Waals surface area (Å²) >= 11 is 0. The lowest BCUT2D eigenvalue weighted by Gasteiger charge is -2.14. The second-order valence-corrected chi connectivity index (χ2v) is 5.62. The lowest BCUT2D eigenvalue weighted by Crippen LogP contribution is -2.23. The summed E-state index contributed by atoms with van der Waals surface area (Å²) in [4.78, 5) is 26.1. The first kappa shape index (κ1) is 15.0. The van der Waals surface area contributed by atoms with Gasteiger partial charge in [-0.2, -0.15) is 0 Å². The predicted molar refractivity (Wildman–Crippen MR) is 97.4 cm³/mol. The lowest BCUT2D eigenvalue weighted by atomic mass is 10.2. The molecule has 0 fully saturated rings. The predicted octanol–water partition coefficient (Wildman–Crippen LogP) is 3.23. The van der Waals surface area contributed by atoms with Crippen LogP contribution in [0.25, 0.3) is 16.6 Å². The number of fused-ring (bicyclic) bond motifs is 1. The molecule has 122 valence electrons. The number of hydrogen-bond acceptors (Lipinski definition) is 5. The summed E-state index contributed by atoms with van der Waals surface area (Å²) in [6.07, 6.45) is 4.95. The van der Waals surface area contributed by atoms with E-state index in [0.29, 0.717) is 16.9 Å². The van der Waals surface area contributed by atoms with E-state index in [1.54, 1.807) is 29.2 Å². The van der Waals surface area contributed by atoms with Gasteiger partial charge in [-0.25, -0.2) is 9.55 Å². The number of benzene rings is 1. The Kier molecular flexibility index (Phi) is 3.70. The molecule has 6 heteroatoms. The largest absolute Gasteiger partial charge is 0.324 e. The van der Waals surface area contributed by atoms with Gasteiger partial charge in [0.15, 0.2) is 0 Å². The SMILES string of the molecule is Cc1cc2nc(Nc3cccnc3)n(-c3ccccc3)c(=O)c2cn1. The zero-order valence-corrected chi connectivity index (χ0v) is 13.5. The van der Waals surface area contributed by atoms with Crippen molar-refractivity contribution in [2.75, 3.05) is 5.32 Å². The fraction of sp³-hybridized carbons (Fsp3) is 0.0526. The van der Waals surface area contributed by atoms with Gasteiger partial charge in [0.25, 0.3) is 5.56 Å². The molecule has 1 aromatic carbocycles. The third kappa shape index (κ3) is 2.85. The average Bonchev–Trinajstić information content (AvgIpc) is 2.63. The van der Waals surface area contributed by atoms with Crippen LogP contribution in [-0.2, 0) is 0 Å². The van der Waals surface area contributed by atoms with Crippen molar-refractivity contribution in [1.82, 2.24) is 19.5 Å². The Morgan fingerprint density at radius 2 is 1.88 bits per heavy atom. The van der Waals surface area contributed by atoms with Crippen molar-refractivity contribution in [3.63, 3.8) is 0 Å². The summed E-state index contributed by atoms with van der Waals surface area (Å²) in [5.74, 6) is 0.433. The molecule has 0 aliphatic carbocycles. The van der Waals surface area contributed by atoms with Gasteiger partial charge in [-0.15, -0.1) is 0 Å². The molecule has 3 aromatic heterocycles. The average molecular weight is 329 g/mol. The highest BCUT2D eigenvalue weighted by atomic mass is 16.1. The van der Waals surface area contributed by atoms with Gasteiger partial charge >= 0.3 is 0 Å². The molecule has 0 radical (unpaired) electrons. The Balaban J connectivity index is 1.99. The lowest BCUT2D eigenvalue weighted by molar-refractivity contribution is 0.970. The summed E-state index contributed by atoms with van der Waals surface area (Å²) in [5, 5.41) is 3.67. The van der Waals surface area contributed by atoms with Crippen LogP contribution in [0, 0.1) is 6.92 Å². The molecule has 0 saturated heterocycles. The smallest absolute Gasteiger partial charge is 0.268 e. The van der Waals surface area contributed by atoms with Gasteiger partial charge in [-0.3, -0.25) is 14.8 Å². The number of anilines is 2. The highest BCUT2D eigenvalue weighted by Crippen LogP contribution is 2.19. The van der Waals surface area contributed by atoms with E-state index in [1.807, 2.05) is 49.4 Å². The molecule has 0 aliphatic heterocycles. The second-order valence-electron chi connectivity index (χ2n) is 5.62. The summed E-state index contributed by atoms with van der Waals surface area (Å²) in [7, 11) is 0. The fourth-order valence-corrected chi connectivity index (χ4v) is 2.65. The van der Waals surface area contributed by atoms with E-state index in [9.17, 15) is 4.79 Å². The van der Waals surface area contributed by atoms with E-state index in [-0.39, 0.29) is 5.56 Å². The highest BCUT2D eigenvalue weighted by molar-refractivity contribution is 5.79. The summed E-state index contributed by atoms with van der Waals surface area (Å²) < 4.78 is 1.55. The van der Waals surface area contributed by atoms with Crippen LogP contribution < -0.4 is 10.9 Å². The Morgan fingerprint density at radius 3 is 2.64 bits per heavy atom. The van der Waals surface area contributed by atoms with Crippen LogP contribution in [0.4, 0.5) is 11.6 Å². The molecule has 0 aliphatic rings. The Bertz CT molecular complexity index is 1090. The topological polar surface area (TPSA) is 72.7 Å². The molecule has 4 rings (SSSR count). The Morgan fingerprint density at radius 1 is 1.04 bits per heavy atom. The maximum atomic E-state index is 13.1. The van der Waals surface area contributed by atoms with Crippen molar-refractivity contribution in [2.45, 2.75) is 6.92 Å². The fourth-order valence-electron chi connectivity index (χ4n) is 2.65. The van der Waals surface area contributed by atoms with Crippen molar-refractivity contribution >= 4 is 22.5 Å². The minimum Gasteiger partial charge on any atom is -0.324 e. The molecule has 1 N–H and O–H groups in total. The summed E-state index contributed by atoms with van der Waals surface area (Å²) in [6.45, 7) is 1.87. The number of nitrogens with zero attached hydrogens (tertiary/aromatic N) is 4. The maximum absolute atomic E-state index is 13.1. The van der Waals surface area contributed by atoms with E-state index >= 15 is 0 Å². The van der Waals surface area contributed by atoms with Gasteiger partial charge < -0.3 is 5.32 Å². The molecule has 25 heavy (non-hydrogen) atoms. The van der Waals surface area contributed by atoms with Crippen molar-refractivity contribution < 1.29 is 0 Å². The molecule has 0 spiro atoms. The standard InChI is InChI=1S/C19H15N5O/c1-13-10-17-16(12-21-13)18(25)24(15-7-3-2-4-8-15)19(23-17)22-14-6-5-9-20-11-14/h2-12H,1H3,(H,22,23). The Labute approximate surface area is 143 Å². The van der Waals surface area contributed by atoms with Crippen LogP contribution in [0.5, 0.6) is 0 Å². The van der Waals surface area contributed by atoms with Gasteiger partial charge in [0.05, 0.1) is 28.5 Å². The van der Waals surface area contributed by atoms with Gasteiger partial charge in [0, 0.05) is 18.1 Å². The molecule has 6 nitrogen and oxygen atoms in total. The first-order valence-electron chi connectivity index (χ1n) is 7.84. The summed E-state index contributed by atoms with van der Waals surface area (Å²) in [5.41, 5.74) is 2.73. The van der Waals surface area contributed by atoms with E-state index < -0.39 is 0 Å². The monoisotopic (exact) mass is 329 g/mol. The normalized spacial score (nSPS) is 10.8. The molecule has 3 heterocycles. The van der Waals surface area contributed by atoms with Crippen molar-refractivity contribution in [3.05, 3.63) is 83.2 Å². The second kappa shape index (κ2) is 6.16. The van der Waals surface area contributed by atoms with E-state index in [0.717, 1.165) is 17.1 Å². The van der Waals surface area contributed by atoms with Crippen LogP contribution in [0.2, 0.25) is 0 Å². The van der Waals surface area contributed by atoms with Gasteiger partial charge in [-0.1, -0.05) is 18.2 Å². The quantitative estimate of drug-likeness (QED) is 0.625. The van der Waals surface area contributed by atoms with Crippen LogP contribution in [0.1, 0.15) is 5.69 Å². The number of aryl methyl sites for hydroxylation is 1. The first-order chi connectivity index (χ1) is 12.2. The molecule has 0 bridgehead atoms. The van der Waals surface area contributed by atoms with Crippen LogP contribution in [0.3, 0.4) is 0 Å². The van der Waals surface area contributed by atoms with Gasteiger partial charge in [-0.05, 0) is 37.3 Å². The molecule has 0 unspecified atom stereocenters. The number of pyridine rings is 2. The van der Waals surface area contributed by atoms with Crippen LogP contribution in [0.15, 0.2) is 71.9 Å². The number of hydrogen-bond donors (Lipinski definition) is 1. The van der Waals surface area contributed by atoms with Crippen molar-refractivity contribution in [3.8, 4) is 5.69 Å². The van der Waals surface area contributed by atoms with Gasteiger partial charge in [0.2, 0.25) is 5.95 Å². The molecular formula is C19H15N5O. The third-order valence-electron chi connectivity index (χ3n) is 3.82. The van der Waals surface area contributed by atoms with E-state index in [4.69, 9.17) is 0 Å². The third-order valence-corrected chi connectivity index (χ3v) is 3.82. The minimum absolute atomic E-state index is 0.171.